The fraction of sp³-hybridized carbons (Fsp3) is 0.188. The van der Waals surface area contributed by atoms with E-state index in [1.54, 1.807) is 12.1 Å². The van der Waals surface area contributed by atoms with E-state index in [1.165, 1.54) is 22.3 Å². The van der Waals surface area contributed by atoms with Crippen LogP contribution >= 0.6 is 22.6 Å². The van der Waals surface area contributed by atoms with Crippen LogP contribution < -0.4 is 10.1 Å². The smallest absolute Gasteiger partial charge is 0.251 e. The van der Waals surface area contributed by atoms with E-state index in [0.29, 0.717) is 17.9 Å². The highest BCUT2D eigenvalue weighted by Crippen LogP contribution is 2.26. The summed E-state index contributed by atoms with van der Waals surface area (Å²) >= 11 is 2.28. The van der Waals surface area contributed by atoms with Gasteiger partial charge in [-0.15, -0.1) is 0 Å². The van der Waals surface area contributed by atoms with Crippen LogP contribution in [0.1, 0.15) is 15.9 Å². The third-order valence-corrected chi connectivity index (χ3v) is 4.13. The Bertz CT molecular complexity index is 643. The molecule has 0 atom stereocenters. The summed E-state index contributed by atoms with van der Waals surface area (Å²) in [6, 6.07) is 12.7. The van der Waals surface area contributed by atoms with E-state index in [0.717, 1.165) is 6.42 Å². The Kier molecular flexibility index (Phi) is 5.44. The fourth-order valence-corrected chi connectivity index (χ4v) is 2.60. The van der Waals surface area contributed by atoms with Crippen molar-refractivity contribution in [3.63, 3.8) is 0 Å². The van der Waals surface area contributed by atoms with E-state index in [9.17, 15) is 9.90 Å². The average molecular weight is 397 g/mol. The van der Waals surface area contributed by atoms with Crippen molar-refractivity contribution in [2.45, 2.75) is 6.42 Å². The molecule has 0 aliphatic carbocycles. The molecule has 0 aliphatic heterocycles. The van der Waals surface area contributed by atoms with Gasteiger partial charge < -0.3 is 15.2 Å². The van der Waals surface area contributed by atoms with Crippen LogP contribution in [0.15, 0.2) is 42.5 Å². The van der Waals surface area contributed by atoms with Crippen molar-refractivity contribution in [2.75, 3.05) is 13.7 Å². The van der Waals surface area contributed by atoms with Gasteiger partial charge in [0.15, 0.2) is 11.5 Å². The number of hydrogen-bond acceptors (Lipinski definition) is 3. The lowest BCUT2D eigenvalue weighted by Crippen LogP contribution is -2.25. The van der Waals surface area contributed by atoms with Gasteiger partial charge in [0.05, 0.1) is 7.11 Å². The van der Waals surface area contributed by atoms with Gasteiger partial charge in [0.25, 0.3) is 5.91 Å². The Labute approximate surface area is 137 Å². The van der Waals surface area contributed by atoms with Gasteiger partial charge in [-0.1, -0.05) is 18.2 Å². The number of methoxy groups -OCH3 is 1. The third kappa shape index (κ3) is 4.10. The lowest BCUT2D eigenvalue weighted by atomic mass is 10.1. The van der Waals surface area contributed by atoms with Gasteiger partial charge >= 0.3 is 0 Å². The fourth-order valence-electron chi connectivity index (χ4n) is 1.95. The first-order valence-corrected chi connectivity index (χ1v) is 7.58. The molecule has 0 unspecified atom stereocenters. The molecule has 0 spiro atoms. The summed E-state index contributed by atoms with van der Waals surface area (Å²) in [6.07, 6.45) is 0.771. The van der Waals surface area contributed by atoms with Crippen molar-refractivity contribution in [2.24, 2.45) is 0 Å². The Morgan fingerprint density at radius 1 is 1.29 bits per heavy atom. The summed E-state index contributed by atoms with van der Waals surface area (Å²) in [5, 5.41) is 12.5. The molecule has 0 radical (unpaired) electrons. The number of nitrogens with one attached hydrogen (secondary N) is 1. The zero-order valence-electron chi connectivity index (χ0n) is 11.6. The Morgan fingerprint density at radius 3 is 2.71 bits per heavy atom. The van der Waals surface area contributed by atoms with Crippen molar-refractivity contribution in [3.8, 4) is 11.5 Å². The summed E-state index contributed by atoms with van der Waals surface area (Å²) in [6.45, 7) is 0.547. The highest BCUT2D eigenvalue weighted by molar-refractivity contribution is 14.1. The van der Waals surface area contributed by atoms with Crippen molar-refractivity contribution in [3.05, 3.63) is 57.2 Å². The molecule has 0 aromatic heterocycles. The molecule has 5 heteroatoms. The number of aromatic hydroxyl groups is 1. The topological polar surface area (TPSA) is 58.6 Å². The first-order valence-electron chi connectivity index (χ1n) is 6.50. The Balaban J connectivity index is 1.93. The highest BCUT2D eigenvalue weighted by Gasteiger charge is 2.09. The van der Waals surface area contributed by atoms with Gasteiger partial charge in [-0.25, -0.2) is 0 Å². The maximum atomic E-state index is 12.0. The van der Waals surface area contributed by atoms with E-state index < -0.39 is 0 Å². The summed E-state index contributed by atoms with van der Waals surface area (Å²) in [5.41, 5.74) is 1.62. The monoisotopic (exact) mass is 397 g/mol. The molecule has 0 bridgehead atoms. The molecular weight excluding hydrogens is 381 g/mol. The van der Waals surface area contributed by atoms with E-state index in [4.69, 9.17) is 4.74 Å². The molecule has 21 heavy (non-hydrogen) atoms. The number of halogens is 1. The number of hydrogen-bond donors (Lipinski definition) is 2. The van der Waals surface area contributed by atoms with Gasteiger partial charge in [0.2, 0.25) is 0 Å². The molecular formula is C16H16INO3. The summed E-state index contributed by atoms with van der Waals surface area (Å²) < 4.78 is 6.14. The van der Waals surface area contributed by atoms with Crippen LogP contribution in [0.3, 0.4) is 0 Å². The molecule has 2 aromatic carbocycles. The maximum absolute atomic E-state index is 12.0. The maximum Gasteiger partial charge on any atom is 0.251 e. The van der Waals surface area contributed by atoms with Crippen LogP contribution in [-0.2, 0) is 6.42 Å². The minimum absolute atomic E-state index is 0.0391. The lowest BCUT2D eigenvalue weighted by Gasteiger charge is -2.08. The third-order valence-electron chi connectivity index (χ3n) is 3.08. The molecule has 2 N–H and O–H groups in total. The number of phenolic OH excluding ortho intramolecular Hbond substituents is 1. The van der Waals surface area contributed by atoms with Crippen molar-refractivity contribution in [1.82, 2.24) is 5.32 Å². The second-order valence-electron chi connectivity index (χ2n) is 4.48. The van der Waals surface area contributed by atoms with Gasteiger partial charge in [0, 0.05) is 15.7 Å². The minimum atomic E-state index is -0.209. The van der Waals surface area contributed by atoms with Crippen LogP contribution in [0.4, 0.5) is 0 Å². The van der Waals surface area contributed by atoms with Crippen LogP contribution in [0, 0.1) is 3.57 Å². The van der Waals surface area contributed by atoms with E-state index in [1.807, 2.05) is 24.3 Å². The molecule has 2 rings (SSSR count). The number of ether oxygens (including phenoxy) is 1. The van der Waals surface area contributed by atoms with Gasteiger partial charge in [-0.05, 0) is 58.8 Å². The van der Waals surface area contributed by atoms with Crippen molar-refractivity contribution < 1.29 is 14.6 Å². The first-order chi connectivity index (χ1) is 10.1. The normalized spacial score (nSPS) is 10.2. The number of carbonyl (C=O) groups is 1. The van der Waals surface area contributed by atoms with E-state index >= 15 is 0 Å². The summed E-state index contributed by atoms with van der Waals surface area (Å²) in [5.74, 6) is 0.104. The second kappa shape index (κ2) is 7.31. The molecule has 110 valence electrons. The van der Waals surface area contributed by atoms with Gasteiger partial charge in [-0.2, -0.15) is 0 Å². The molecule has 0 saturated carbocycles. The molecule has 0 fully saturated rings. The SMILES string of the molecule is COc1ccc(C(=O)NCCc2ccccc2I)cc1O. The number of phenols is 1. The Hall–Kier alpha value is -1.76. The molecule has 0 aliphatic rings. The number of benzene rings is 2. The largest absolute Gasteiger partial charge is 0.504 e. The van der Waals surface area contributed by atoms with E-state index in [-0.39, 0.29) is 11.7 Å². The van der Waals surface area contributed by atoms with Crippen molar-refractivity contribution in [1.29, 1.82) is 0 Å². The number of amides is 1. The second-order valence-corrected chi connectivity index (χ2v) is 5.65. The molecule has 0 heterocycles. The molecule has 4 nitrogen and oxygen atoms in total. The zero-order valence-corrected chi connectivity index (χ0v) is 13.8. The van der Waals surface area contributed by atoms with Crippen LogP contribution in [0.5, 0.6) is 11.5 Å². The molecule has 0 saturated heterocycles. The molecule has 1 amide bonds. The molecule has 2 aromatic rings. The number of rotatable bonds is 5. The summed E-state index contributed by atoms with van der Waals surface area (Å²) in [7, 11) is 1.47. The van der Waals surface area contributed by atoms with Crippen LogP contribution in [0.25, 0.3) is 0 Å². The quantitative estimate of drug-likeness (QED) is 0.763. The predicted molar refractivity (Wildman–Crippen MR) is 89.9 cm³/mol. The van der Waals surface area contributed by atoms with Crippen LogP contribution in [0.2, 0.25) is 0 Å². The number of carbonyl (C=O) groups excluding carboxylic acids is 1. The zero-order chi connectivity index (χ0) is 15.2. The van der Waals surface area contributed by atoms with Gasteiger partial charge in [0.1, 0.15) is 0 Å². The predicted octanol–water partition coefficient (Wildman–Crippen LogP) is 2.98. The first kappa shape index (κ1) is 15.6. The van der Waals surface area contributed by atoms with Crippen molar-refractivity contribution >= 4 is 28.5 Å². The van der Waals surface area contributed by atoms with E-state index in [2.05, 4.69) is 27.9 Å². The van der Waals surface area contributed by atoms with Crippen LogP contribution in [-0.4, -0.2) is 24.7 Å². The van der Waals surface area contributed by atoms with Gasteiger partial charge in [-0.3, -0.25) is 4.79 Å². The summed E-state index contributed by atoms with van der Waals surface area (Å²) in [4.78, 5) is 12.0. The highest BCUT2D eigenvalue weighted by atomic mass is 127. The standard InChI is InChI=1S/C16H16INO3/c1-21-15-7-6-12(10-14(15)19)16(20)18-9-8-11-4-2-3-5-13(11)17/h2-7,10,19H,8-9H2,1H3,(H,18,20). The lowest BCUT2D eigenvalue weighted by molar-refractivity contribution is 0.0953. The average Bonchev–Trinajstić information content (AvgIpc) is 2.49. The Morgan fingerprint density at radius 2 is 2.05 bits per heavy atom. The minimum Gasteiger partial charge on any atom is -0.504 e.